The number of allylic oxidation sites excluding steroid dienone is 2. The van der Waals surface area contributed by atoms with E-state index >= 15 is 0 Å². The number of aliphatic hydroxyl groups is 2. The van der Waals surface area contributed by atoms with Crippen molar-refractivity contribution in [2.75, 3.05) is 0 Å². The van der Waals surface area contributed by atoms with Crippen LogP contribution in [0.4, 0.5) is 0 Å². The van der Waals surface area contributed by atoms with E-state index in [4.69, 9.17) is 6.42 Å². The van der Waals surface area contributed by atoms with Gasteiger partial charge in [-0.3, -0.25) is 4.79 Å². The zero-order valence-corrected chi connectivity index (χ0v) is 14.3. The quantitative estimate of drug-likeness (QED) is 0.407. The van der Waals surface area contributed by atoms with Crippen LogP contribution in [0.2, 0.25) is 0 Å². The maximum atomic E-state index is 12.0. The Balaban J connectivity index is 1.66. The van der Waals surface area contributed by atoms with E-state index in [1.807, 2.05) is 0 Å². The highest BCUT2D eigenvalue weighted by Crippen LogP contribution is 2.64. The first kappa shape index (κ1) is 16.0. The first-order valence-corrected chi connectivity index (χ1v) is 9.22. The molecule has 0 aromatic heterocycles. The number of rotatable bonds is 0. The van der Waals surface area contributed by atoms with E-state index in [-0.39, 0.29) is 11.2 Å². The van der Waals surface area contributed by atoms with Crippen molar-refractivity contribution in [1.82, 2.24) is 0 Å². The van der Waals surface area contributed by atoms with E-state index in [1.165, 1.54) is 5.57 Å². The zero-order valence-electron chi connectivity index (χ0n) is 14.3. The molecule has 0 saturated heterocycles. The van der Waals surface area contributed by atoms with E-state index in [2.05, 4.69) is 12.8 Å². The summed E-state index contributed by atoms with van der Waals surface area (Å²) in [5.74, 6) is 4.66. The second kappa shape index (κ2) is 5.23. The minimum Gasteiger partial charge on any atom is -0.515 e. The molecule has 2 N–H and O–H groups in total. The van der Waals surface area contributed by atoms with Crippen LogP contribution in [0.1, 0.15) is 51.9 Å². The maximum Gasteiger partial charge on any atom is 0.184 e. The third kappa shape index (κ3) is 1.93. The largest absolute Gasteiger partial charge is 0.515 e. The van der Waals surface area contributed by atoms with Crippen molar-refractivity contribution in [2.45, 2.75) is 57.5 Å². The number of ketones is 1. The Hall–Kier alpha value is -1.53. The average molecular weight is 326 g/mol. The van der Waals surface area contributed by atoms with Crippen molar-refractivity contribution < 1.29 is 15.0 Å². The van der Waals surface area contributed by atoms with Gasteiger partial charge in [-0.15, -0.1) is 6.42 Å². The number of fused-ring (bicyclic) bond motifs is 5. The Morgan fingerprint density at radius 3 is 2.79 bits per heavy atom. The van der Waals surface area contributed by atoms with Crippen LogP contribution in [-0.2, 0) is 4.79 Å². The topological polar surface area (TPSA) is 57.5 Å². The first-order valence-electron chi connectivity index (χ1n) is 9.22. The summed E-state index contributed by atoms with van der Waals surface area (Å²) in [6.07, 6.45) is 14.9. The smallest absolute Gasteiger partial charge is 0.184 e. The minimum atomic E-state index is -0.961. The normalized spacial score (nSPS) is 49.0. The summed E-state index contributed by atoms with van der Waals surface area (Å²) < 4.78 is 0. The van der Waals surface area contributed by atoms with Crippen LogP contribution in [0.5, 0.6) is 0 Å². The molecule has 0 spiro atoms. The molecule has 0 bridgehead atoms. The third-order valence-corrected chi connectivity index (χ3v) is 7.87. The highest BCUT2D eigenvalue weighted by molar-refractivity contribution is 6.05. The Kier molecular flexibility index (Phi) is 3.48. The first-order chi connectivity index (χ1) is 11.4. The van der Waals surface area contributed by atoms with Crippen molar-refractivity contribution >= 4 is 5.78 Å². The summed E-state index contributed by atoms with van der Waals surface area (Å²) in [6.45, 7) is 2.19. The molecule has 0 aromatic rings. The molecule has 3 nitrogen and oxygen atoms in total. The lowest BCUT2D eigenvalue weighted by Crippen LogP contribution is -2.52. The number of aliphatic hydroxyl groups excluding tert-OH is 1. The van der Waals surface area contributed by atoms with Gasteiger partial charge < -0.3 is 10.2 Å². The maximum absolute atomic E-state index is 12.0. The van der Waals surface area contributed by atoms with Gasteiger partial charge in [0.1, 0.15) is 5.60 Å². The molecule has 0 aromatic carbocycles. The fourth-order valence-corrected chi connectivity index (χ4v) is 6.46. The van der Waals surface area contributed by atoms with Gasteiger partial charge in [0.2, 0.25) is 0 Å². The van der Waals surface area contributed by atoms with Crippen LogP contribution in [0, 0.1) is 41.4 Å². The lowest BCUT2D eigenvalue weighted by molar-refractivity contribution is -0.112. The Bertz CT molecular complexity index is 682. The molecule has 0 unspecified atom stereocenters. The summed E-state index contributed by atoms with van der Waals surface area (Å²) >= 11 is 0. The van der Waals surface area contributed by atoms with Crippen LogP contribution in [0.3, 0.4) is 0 Å². The Morgan fingerprint density at radius 2 is 2.08 bits per heavy atom. The van der Waals surface area contributed by atoms with Gasteiger partial charge in [0, 0.05) is 11.0 Å². The van der Waals surface area contributed by atoms with E-state index in [0.29, 0.717) is 42.1 Å². The molecule has 3 heteroatoms. The summed E-state index contributed by atoms with van der Waals surface area (Å²) in [5, 5.41) is 20.3. The van der Waals surface area contributed by atoms with E-state index < -0.39 is 5.60 Å². The standard InChI is InChI=1S/C21H26O3/c1-3-21(24)9-7-18-16-5-4-13-11-19(23)14(12-22)10-17(13)15(16)6-8-20(18,21)2/h1,11-12,15-18,22,24H,4-10H2,2H3/b14-12-/t15-,16+,17-,18-,20-,21-/m0/s1. The predicted octanol–water partition coefficient (Wildman–Crippen LogP) is 3.54. The molecule has 0 radical (unpaired) electrons. The SMILES string of the molecule is C#C[C@]1(O)CC[C@H]2[C@@H]3CCC4=CC(=O)/C(=C\O)C[C@@H]4[C@H]3CC[C@@]21C. The highest BCUT2D eigenvalue weighted by Gasteiger charge is 2.62. The summed E-state index contributed by atoms with van der Waals surface area (Å²) in [7, 11) is 0. The molecule has 3 fully saturated rings. The zero-order chi connectivity index (χ0) is 17.1. The van der Waals surface area contributed by atoms with Crippen molar-refractivity contribution in [3.63, 3.8) is 0 Å². The van der Waals surface area contributed by atoms with Crippen LogP contribution in [0.25, 0.3) is 0 Å². The van der Waals surface area contributed by atoms with Crippen molar-refractivity contribution in [1.29, 1.82) is 0 Å². The second-order valence-corrected chi connectivity index (χ2v) is 8.52. The number of hydrogen-bond acceptors (Lipinski definition) is 3. The lowest BCUT2D eigenvalue weighted by atomic mass is 9.50. The predicted molar refractivity (Wildman–Crippen MR) is 92.0 cm³/mol. The molecule has 6 atom stereocenters. The molecule has 128 valence electrons. The molecule has 0 amide bonds. The molecule has 4 rings (SSSR count). The number of terminal acetylenes is 1. The molecular formula is C21H26O3. The van der Waals surface area contributed by atoms with Crippen LogP contribution >= 0.6 is 0 Å². The van der Waals surface area contributed by atoms with Crippen LogP contribution in [0.15, 0.2) is 23.5 Å². The van der Waals surface area contributed by atoms with Crippen LogP contribution < -0.4 is 0 Å². The van der Waals surface area contributed by atoms with E-state index in [9.17, 15) is 15.0 Å². The third-order valence-electron chi connectivity index (χ3n) is 7.87. The molecule has 24 heavy (non-hydrogen) atoms. The van der Waals surface area contributed by atoms with Gasteiger partial charge in [-0.05, 0) is 74.7 Å². The van der Waals surface area contributed by atoms with E-state index in [1.54, 1.807) is 6.08 Å². The van der Waals surface area contributed by atoms with Crippen molar-refractivity contribution in [3.8, 4) is 12.3 Å². The van der Waals surface area contributed by atoms with Gasteiger partial charge in [-0.25, -0.2) is 0 Å². The fraction of sp³-hybridized carbons (Fsp3) is 0.667. The second-order valence-electron chi connectivity index (χ2n) is 8.52. The summed E-state index contributed by atoms with van der Waals surface area (Å²) in [6, 6.07) is 0. The van der Waals surface area contributed by atoms with E-state index in [0.717, 1.165) is 38.4 Å². The molecule has 0 aliphatic heterocycles. The molecule has 3 saturated carbocycles. The fourth-order valence-electron chi connectivity index (χ4n) is 6.46. The number of carbonyl (C=O) groups excluding carboxylic acids is 1. The summed E-state index contributed by atoms with van der Waals surface area (Å²) in [5.41, 5.74) is 0.687. The number of carbonyl (C=O) groups is 1. The monoisotopic (exact) mass is 326 g/mol. The molecule has 0 heterocycles. The molecule has 4 aliphatic carbocycles. The average Bonchev–Trinajstić information content (AvgIpc) is 2.86. The molecule has 4 aliphatic rings. The van der Waals surface area contributed by atoms with Crippen molar-refractivity contribution in [3.05, 3.63) is 23.5 Å². The minimum absolute atomic E-state index is 0.0228. The Morgan fingerprint density at radius 1 is 1.29 bits per heavy atom. The Labute approximate surface area is 143 Å². The van der Waals surface area contributed by atoms with Crippen molar-refractivity contribution in [2.24, 2.45) is 29.1 Å². The van der Waals surface area contributed by atoms with Gasteiger partial charge in [0.05, 0.1) is 6.26 Å². The van der Waals surface area contributed by atoms with Gasteiger partial charge in [0.15, 0.2) is 5.78 Å². The highest BCUT2D eigenvalue weighted by atomic mass is 16.3. The summed E-state index contributed by atoms with van der Waals surface area (Å²) in [4.78, 5) is 12.0. The molecular weight excluding hydrogens is 300 g/mol. The lowest BCUT2D eigenvalue weighted by Gasteiger charge is -2.54. The van der Waals surface area contributed by atoms with Gasteiger partial charge in [0.25, 0.3) is 0 Å². The van der Waals surface area contributed by atoms with Gasteiger partial charge in [-0.1, -0.05) is 18.4 Å². The van der Waals surface area contributed by atoms with Crippen LogP contribution in [-0.4, -0.2) is 21.6 Å². The van der Waals surface area contributed by atoms with Gasteiger partial charge in [-0.2, -0.15) is 0 Å². The van der Waals surface area contributed by atoms with Gasteiger partial charge >= 0.3 is 0 Å². The number of hydrogen-bond donors (Lipinski definition) is 2.